The maximum atomic E-state index is 13.1. The molecule has 1 saturated heterocycles. The first-order chi connectivity index (χ1) is 12.2. The molecule has 6 nitrogen and oxygen atoms in total. The van der Waals surface area contributed by atoms with Gasteiger partial charge >= 0.3 is 6.18 Å². The standard InChI is InChI=1S/C17H13F3N4O2/c1-9-6-25-17(26-9)15(8-22)12(14(15,7-21)13(23)24-17)10-3-2-4-11(5-10)16(18,19)20/h2-5,9,12H,6H2,1H3,(H2,23,24). The first-order valence-corrected chi connectivity index (χ1v) is 7.86. The summed E-state index contributed by atoms with van der Waals surface area (Å²) in [5.41, 5.74) is 2.06. The molecule has 0 amide bonds. The summed E-state index contributed by atoms with van der Waals surface area (Å²) in [5.74, 6) is -2.87. The first-order valence-electron chi connectivity index (χ1n) is 7.86. The van der Waals surface area contributed by atoms with E-state index in [4.69, 9.17) is 15.2 Å². The molecule has 2 heterocycles. The molecule has 4 rings (SSSR count). The van der Waals surface area contributed by atoms with Crippen LogP contribution in [0.2, 0.25) is 0 Å². The summed E-state index contributed by atoms with van der Waals surface area (Å²) in [6.07, 6.45) is -4.94. The Morgan fingerprint density at radius 1 is 1.31 bits per heavy atom. The second-order valence-electron chi connectivity index (χ2n) is 6.71. The smallest absolute Gasteiger partial charge is 0.386 e. The molecule has 0 radical (unpaired) electrons. The number of fused-ring (bicyclic) bond motifs is 2. The van der Waals surface area contributed by atoms with Gasteiger partial charge in [-0.15, -0.1) is 0 Å². The lowest BCUT2D eigenvalue weighted by Crippen LogP contribution is -2.39. The number of amidine groups is 1. The Morgan fingerprint density at radius 3 is 2.58 bits per heavy atom. The van der Waals surface area contributed by atoms with Crippen molar-refractivity contribution in [3.63, 3.8) is 0 Å². The molecular formula is C17H13F3N4O2. The summed E-state index contributed by atoms with van der Waals surface area (Å²) in [6, 6.07) is 8.59. The number of nitriles is 2. The van der Waals surface area contributed by atoms with Crippen LogP contribution in [0.15, 0.2) is 29.3 Å². The van der Waals surface area contributed by atoms with Crippen LogP contribution >= 0.6 is 0 Å². The molecule has 134 valence electrons. The van der Waals surface area contributed by atoms with Crippen LogP contribution in [-0.2, 0) is 15.7 Å². The molecule has 1 saturated carbocycles. The predicted molar refractivity (Wildman–Crippen MR) is 81.1 cm³/mol. The summed E-state index contributed by atoms with van der Waals surface area (Å²) >= 11 is 0. The number of benzene rings is 1. The van der Waals surface area contributed by atoms with Crippen molar-refractivity contribution in [3.8, 4) is 12.1 Å². The van der Waals surface area contributed by atoms with Gasteiger partial charge in [0.05, 0.1) is 30.4 Å². The van der Waals surface area contributed by atoms with Gasteiger partial charge in [-0.3, -0.25) is 0 Å². The number of hydrogen-bond acceptors (Lipinski definition) is 6. The van der Waals surface area contributed by atoms with Gasteiger partial charge < -0.3 is 15.2 Å². The van der Waals surface area contributed by atoms with Crippen LogP contribution in [0.5, 0.6) is 0 Å². The lowest BCUT2D eigenvalue weighted by molar-refractivity contribution is -0.193. The number of alkyl halides is 3. The molecule has 5 unspecified atom stereocenters. The van der Waals surface area contributed by atoms with E-state index in [1.807, 2.05) is 12.1 Å². The monoisotopic (exact) mass is 362 g/mol. The minimum Gasteiger partial charge on any atom is -0.386 e. The van der Waals surface area contributed by atoms with Crippen LogP contribution in [0.25, 0.3) is 0 Å². The maximum Gasteiger partial charge on any atom is 0.416 e. The van der Waals surface area contributed by atoms with Crippen LogP contribution in [-0.4, -0.2) is 24.5 Å². The van der Waals surface area contributed by atoms with Crippen molar-refractivity contribution in [1.82, 2.24) is 0 Å². The Kier molecular flexibility index (Phi) is 3.08. The third-order valence-corrected chi connectivity index (χ3v) is 5.35. The Morgan fingerprint density at radius 2 is 2.04 bits per heavy atom. The minimum absolute atomic E-state index is 0.136. The molecule has 9 heteroatoms. The summed E-state index contributed by atoms with van der Waals surface area (Å²) < 4.78 is 50.6. The van der Waals surface area contributed by atoms with Crippen LogP contribution in [0.3, 0.4) is 0 Å². The first kappa shape index (κ1) is 16.8. The number of ether oxygens (including phenoxy) is 2. The quantitative estimate of drug-likeness (QED) is 0.825. The van der Waals surface area contributed by atoms with Crippen LogP contribution in [0.4, 0.5) is 13.2 Å². The highest BCUT2D eigenvalue weighted by molar-refractivity contribution is 6.00. The molecule has 0 aromatic heterocycles. The highest BCUT2D eigenvalue weighted by Crippen LogP contribution is 2.82. The number of aliphatic imine (C=N–C) groups is 1. The second-order valence-corrected chi connectivity index (χ2v) is 6.71. The van der Waals surface area contributed by atoms with Crippen molar-refractivity contribution in [3.05, 3.63) is 35.4 Å². The number of nitrogens with two attached hydrogens (primary N) is 1. The number of nitrogens with zero attached hydrogens (tertiary/aromatic N) is 3. The van der Waals surface area contributed by atoms with Crippen LogP contribution in [0.1, 0.15) is 24.0 Å². The molecule has 1 aliphatic carbocycles. The van der Waals surface area contributed by atoms with E-state index >= 15 is 0 Å². The van der Waals surface area contributed by atoms with Gasteiger partial charge in [-0.2, -0.15) is 23.7 Å². The average Bonchev–Trinajstić information content (AvgIpc) is 2.99. The fourth-order valence-corrected chi connectivity index (χ4v) is 4.26. The lowest BCUT2D eigenvalue weighted by atomic mass is 9.93. The van der Waals surface area contributed by atoms with Crippen molar-refractivity contribution in [1.29, 1.82) is 10.5 Å². The fraction of sp³-hybridized carbons (Fsp3) is 0.471. The van der Waals surface area contributed by atoms with Gasteiger partial charge in [0, 0.05) is 5.92 Å². The van der Waals surface area contributed by atoms with E-state index in [0.29, 0.717) is 0 Å². The molecule has 1 aromatic carbocycles. The van der Waals surface area contributed by atoms with E-state index in [1.165, 1.54) is 12.1 Å². The number of halogens is 3. The highest BCUT2D eigenvalue weighted by atomic mass is 19.4. The number of hydrogen-bond donors (Lipinski definition) is 1. The highest BCUT2D eigenvalue weighted by Gasteiger charge is 2.94. The van der Waals surface area contributed by atoms with E-state index in [9.17, 15) is 23.7 Å². The normalized spacial score (nSPS) is 40.6. The van der Waals surface area contributed by atoms with Crippen molar-refractivity contribution in [2.24, 2.45) is 21.6 Å². The molecular weight excluding hydrogens is 349 g/mol. The zero-order valence-corrected chi connectivity index (χ0v) is 13.5. The Bertz CT molecular complexity index is 918. The zero-order valence-electron chi connectivity index (χ0n) is 13.5. The molecule has 2 fully saturated rings. The third kappa shape index (κ3) is 1.65. The van der Waals surface area contributed by atoms with E-state index in [2.05, 4.69) is 4.99 Å². The van der Waals surface area contributed by atoms with E-state index in [1.54, 1.807) is 6.92 Å². The summed E-state index contributed by atoms with van der Waals surface area (Å²) in [6.45, 7) is 1.84. The van der Waals surface area contributed by atoms with E-state index in [-0.39, 0.29) is 18.0 Å². The maximum absolute atomic E-state index is 13.1. The van der Waals surface area contributed by atoms with Crippen molar-refractivity contribution < 1.29 is 22.6 Å². The summed E-state index contributed by atoms with van der Waals surface area (Å²) in [4.78, 5) is 4.12. The molecule has 26 heavy (non-hydrogen) atoms. The van der Waals surface area contributed by atoms with Crippen molar-refractivity contribution in [2.45, 2.75) is 31.0 Å². The Balaban J connectivity index is 1.89. The fourth-order valence-electron chi connectivity index (χ4n) is 4.26. The Labute approximate surface area is 146 Å². The topological polar surface area (TPSA) is 104 Å². The largest absolute Gasteiger partial charge is 0.416 e. The van der Waals surface area contributed by atoms with Gasteiger partial charge in [-0.1, -0.05) is 18.2 Å². The van der Waals surface area contributed by atoms with Crippen LogP contribution < -0.4 is 5.73 Å². The number of rotatable bonds is 1. The summed E-state index contributed by atoms with van der Waals surface area (Å²) in [7, 11) is 0. The molecule has 1 aromatic rings. The SMILES string of the molecule is CC1COC2(N=C(N)C3(C#N)C(c4cccc(C(F)(F)F)c4)C23C#N)O1. The average molecular weight is 362 g/mol. The van der Waals surface area contributed by atoms with E-state index < -0.39 is 40.5 Å². The summed E-state index contributed by atoms with van der Waals surface area (Å²) in [5, 5.41) is 19.8. The minimum atomic E-state index is -4.55. The molecule has 2 aliphatic heterocycles. The molecule has 2 N–H and O–H groups in total. The van der Waals surface area contributed by atoms with Crippen LogP contribution in [0, 0.1) is 33.5 Å². The van der Waals surface area contributed by atoms with Gasteiger partial charge in [0.15, 0.2) is 5.41 Å². The molecule has 5 atom stereocenters. The lowest BCUT2D eigenvalue weighted by Gasteiger charge is -2.26. The van der Waals surface area contributed by atoms with E-state index in [0.717, 1.165) is 12.1 Å². The molecule has 3 aliphatic rings. The molecule has 1 spiro atoms. The van der Waals surface area contributed by atoms with Gasteiger partial charge in [0.25, 0.3) is 5.91 Å². The van der Waals surface area contributed by atoms with Crippen molar-refractivity contribution >= 4 is 5.84 Å². The van der Waals surface area contributed by atoms with Gasteiger partial charge in [-0.05, 0) is 18.6 Å². The third-order valence-electron chi connectivity index (χ3n) is 5.35. The second kappa shape index (κ2) is 4.76. The van der Waals surface area contributed by atoms with Gasteiger partial charge in [-0.25, -0.2) is 4.99 Å². The molecule has 0 bridgehead atoms. The van der Waals surface area contributed by atoms with Gasteiger partial charge in [0.2, 0.25) is 0 Å². The Hall–Kier alpha value is -2.62. The zero-order chi connectivity index (χ0) is 19.0. The van der Waals surface area contributed by atoms with Crippen molar-refractivity contribution in [2.75, 3.05) is 6.61 Å². The predicted octanol–water partition coefficient (Wildman–Crippen LogP) is 2.28. The van der Waals surface area contributed by atoms with Gasteiger partial charge in [0.1, 0.15) is 11.3 Å².